The summed E-state index contributed by atoms with van der Waals surface area (Å²) in [6.07, 6.45) is 8.11. The van der Waals surface area contributed by atoms with Crippen LogP contribution in [0.3, 0.4) is 0 Å². The quantitative estimate of drug-likeness (QED) is 0.341. The molecule has 152 valence electrons. The van der Waals surface area contributed by atoms with Crippen LogP contribution in [0, 0.1) is 17.2 Å². The predicted octanol–water partition coefficient (Wildman–Crippen LogP) is 2.46. The Bertz CT molecular complexity index is 802. The van der Waals surface area contributed by atoms with Gasteiger partial charge in [-0.3, -0.25) is 0 Å². The first-order chi connectivity index (χ1) is 13.6. The first-order valence-electron chi connectivity index (χ1n) is 10.6. The number of halogens is 1. The molecule has 3 heteroatoms. The number of likely N-dealkylation sites (N-methyl/N-ethyl adjacent to an activating group) is 1. The third kappa shape index (κ3) is 3.90. The summed E-state index contributed by atoms with van der Waals surface area (Å²) in [5.74, 6) is 0.591. The van der Waals surface area contributed by atoms with Gasteiger partial charge in [-0.15, -0.1) is 0 Å². The zero-order valence-corrected chi connectivity index (χ0v) is 19.5. The van der Waals surface area contributed by atoms with Crippen LogP contribution < -0.4 is 24.0 Å². The molecule has 2 aliphatic rings. The largest absolute Gasteiger partial charge is 1.00 e. The third-order valence-corrected chi connectivity index (χ3v) is 7.55. The van der Waals surface area contributed by atoms with Crippen molar-refractivity contribution in [1.29, 1.82) is 5.26 Å². The number of rotatable bonds is 6. The molecule has 0 spiro atoms. The van der Waals surface area contributed by atoms with E-state index < -0.39 is 5.41 Å². The summed E-state index contributed by atoms with van der Waals surface area (Å²) in [6, 6.07) is 25.0. The van der Waals surface area contributed by atoms with Crippen LogP contribution in [0.4, 0.5) is 0 Å². The Morgan fingerprint density at radius 2 is 1.48 bits per heavy atom. The summed E-state index contributed by atoms with van der Waals surface area (Å²) in [5.41, 5.74) is 1.70. The second kappa shape index (κ2) is 9.02. The molecule has 2 nitrogen and oxygen atoms in total. The van der Waals surface area contributed by atoms with E-state index in [1.807, 2.05) is 12.1 Å². The topological polar surface area (TPSA) is 23.8 Å². The molecular weight excluding hydrogens is 467 g/mol. The van der Waals surface area contributed by atoms with Crippen LogP contribution >= 0.6 is 0 Å². The Balaban J connectivity index is 0.00000240. The highest BCUT2D eigenvalue weighted by Gasteiger charge is 2.52. The Hall–Kier alpha value is -1.64. The van der Waals surface area contributed by atoms with E-state index in [2.05, 4.69) is 74.3 Å². The van der Waals surface area contributed by atoms with E-state index in [0.29, 0.717) is 18.0 Å². The maximum atomic E-state index is 10.5. The van der Waals surface area contributed by atoms with Crippen molar-refractivity contribution >= 4 is 0 Å². The number of benzene rings is 2. The summed E-state index contributed by atoms with van der Waals surface area (Å²) in [4.78, 5) is 0. The lowest BCUT2D eigenvalue weighted by molar-refractivity contribution is -0.944. The molecule has 2 saturated heterocycles. The second-order valence-electron chi connectivity index (χ2n) is 8.99. The Labute approximate surface area is 192 Å². The van der Waals surface area contributed by atoms with Gasteiger partial charge >= 0.3 is 0 Å². The van der Waals surface area contributed by atoms with Crippen LogP contribution in [0.25, 0.3) is 0 Å². The summed E-state index contributed by atoms with van der Waals surface area (Å²) in [6.45, 7) is 5.08. The van der Waals surface area contributed by atoms with Crippen molar-refractivity contribution in [2.75, 3.05) is 13.6 Å². The minimum absolute atomic E-state index is 0. The van der Waals surface area contributed by atoms with Gasteiger partial charge in [-0.2, -0.15) is 5.26 Å². The van der Waals surface area contributed by atoms with Crippen LogP contribution in [-0.2, 0) is 5.41 Å². The molecule has 0 saturated carbocycles. The van der Waals surface area contributed by atoms with Gasteiger partial charge in [-0.25, -0.2) is 0 Å². The maximum absolute atomic E-state index is 10.5. The first-order valence-corrected chi connectivity index (χ1v) is 10.6. The normalized spacial score (nSPS) is 28.2. The van der Waals surface area contributed by atoms with Crippen LogP contribution in [-0.4, -0.2) is 30.2 Å². The van der Waals surface area contributed by atoms with Gasteiger partial charge in [0.2, 0.25) is 0 Å². The Kier molecular flexibility index (Phi) is 6.86. The number of hydrogen-bond donors (Lipinski definition) is 0. The highest BCUT2D eigenvalue weighted by Crippen LogP contribution is 2.48. The number of nitrogens with zero attached hydrogens (tertiary/aromatic N) is 2. The molecule has 2 aliphatic heterocycles. The van der Waals surface area contributed by atoms with Crippen molar-refractivity contribution in [3.05, 3.63) is 84.4 Å². The molecule has 2 unspecified atom stereocenters. The van der Waals surface area contributed by atoms with Gasteiger partial charge in [-0.05, 0) is 29.5 Å². The first kappa shape index (κ1) is 22.1. The van der Waals surface area contributed by atoms with Crippen LogP contribution in [0.2, 0.25) is 0 Å². The van der Waals surface area contributed by atoms with Gasteiger partial charge in [0.15, 0.2) is 0 Å². The number of fused-ring (bicyclic) bond motifs is 2. The van der Waals surface area contributed by atoms with Crippen LogP contribution in [0.15, 0.2) is 73.3 Å². The van der Waals surface area contributed by atoms with Gasteiger partial charge in [-0.1, -0.05) is 67.2 Å². The van der Waals surface area contributed by atoms with E-state index in [9.17, 15) is 5.26 Å². The van der Waals surface area contributed by atoms with E-state index >= 15 is 0 Å². The van der Waals surface area contributed by atoms with Gasteiger partial charge in [0.05, 0.1) is 31.7 Å². The number of hydrogen-bond acceptors (Lipinski definition) is 1. The van der Waals surface area contributed by atoms with Crippen molar-refractivity contribution < 1.29 is 28.5 Å². The van der Waals surface area contributed by atoms with Crippen molar-refractivity contribution in [2.45, 2.75) is 49.6 Å². The van der Waals surface area contributed by atoms with E-state index in [1.165, 1.54) is 25.7 Å². The highest BCUT2D eigenvalue weighted by molar-refractivity contribution is 5.45. The Morgan fingerprint density at radius 3 is 1.90 bits per heavy atom. The van der Waals surface area contributed by atoms with E-state index in [0.717, 1.165) is 28.6 Å². The molecule has 4 rings (SSSR count). The predicted molar refractivity (Wildman–Crippen MR) is 115 cm³/mol. The minimum Gasteiger partial charge on any atom is -1.00 e. The lowest BCUT2D eigenvalue weighted by Crippen LogP contribution is -3.00. The zero-order chi connectivity index (χ0) is 19.6. The molecule has 2 fully saturated rings. The van der Waals surface area contributed by atoms with Crippen molar-refractivity contribution in [3.8, 4) is 6.07 Å². The average Bonchev–Trinajstić information content (AvgIpc) is 2.90. The van der Waals surface area contributed by atoms with Crippen LogP contribution in [0.1, 0.15) is 43.2 Å². The number of piperidine rings is 1. The zero-order valence-electron chi connectivity index (χ0n) is 17.3. The SMILES string of the molecule is C=CC[N+]1(C)C2CCC1CC(CC(C#N)(c1ccccc1)c1ccccc1)C2.[I-]. The standard InChI is InChI=1S/C26H31N2.HI/c1-3-16-28(2)24-14-15-25(28)18-21(17-24)19-26(20-27,22-10-6-4-7-11-22)23-12-8-5-9-13-23;/h3-13,21,24-25H,1,14-19H2,2H3;1H/q+1;/p-1. The molecule has 0 radical (unpaired) electrons. The van der Waals surface area contributed by atoms with Crippen molar-refractivity contribution in [1.82, 2.24) is 0 Å². The lowest BCUT2D eigenvalue weighted by Gasteiger charge is -2.48. The summed E-state index contributed by atoms with van der Waals surface area (Å²) >= 11 is 0. The molecule has 0 aromatic heterocycles. The summed E-state index contributed by atoms with van der Waals surface area (Å²) < 4.78 is 1.16. The van der Waals surface area contributed by atoms with Crippen molar-refractivity contribution in [2.24, 2.45) is 5.92 Å². The molecule has 2 bridgehead atoms. The fourth-order valence-electron chi connectivity index (χ4n) is 6.05. The number of quaternary nitrogens is 1. The maximum Gasteiger partial charge on any atom is 0.107 e. The van der Waals surface area contributed by atoms with Crippen LogP contribution in [0.5, 0.6) is 0 Å². The molecule has 0 N–H and O–H groups in total. The molecule has 2 heterocycles. The third-order valence-electron chi connectivity index (χ3n) is 7.55. The van der Waals surface area contributed by atoms with Gasteiger partial charge in [0.25, 0.3) is 0 Å². The van der Waals surface area contributed by atoms with Gasteiger partial charge in [0, 0.05) is 25.7 Å². The molecule has 2 aromatic rings. The average molecular weight is 498 g/mol. The van der Waals surface area contributed by atoms with Crippen molar-refractivity contribution in [3.63, 3.8) is 0 Å². The molecule has 2 aromatic carbocycles. The molecule has 2 atom stereocenters. The monoisotopic (exact) mass is 498 g/mol. The van der Waals surface area contributed by atoms with E-state index in [4.69, 9.17) is 0 Å². The molecular formula is C26H31IN2. The summed E-state index contributed by atoms with van der Waals surface area (Å²) in [7, 11) is 2.42. The second-order valence-corrected chi connectivity index (χ2v) is 8.99. The number of nitriles is 1. The smallest absolute Gasteiger partial charge is 0.107 e. The molecule has 0 aliphatic carbocycles. The van der Waals surface area contributed by atoms with E-state index in [-0.39, 0.29) is 24.0 Å². The highest BCUT2D eigenvalue weighted by atomic mass is 127. The minimum atomic E-state index is -0.564. The van der Waals surface area contributed by atoms with Gasteiger partial charge < -0.3 is 28.5 Å². The Morgan fingerprint density at radius 1 is 1.00 bits per heavy atom. The lowest BCUT2D eigenvalue weighted by atomic mass is 9.67. The fourth-order valence-corrected chi connectivity index (χ4v) is 6.05. The fraction of sp³-hybridized carbons (Fsp3) is 0.423. The van der Waals surface area contributed by atoms with E-state index in [1.54, 1.807) is 0 Å². The molecule has 29 heavy (non-hydrogen) atoms. The molecule has 0 amide bonds. The van der Waals surface area contributed by atoms with Gasteiger partial charge in [0.1, 0.15) is 5.41 Å². The summed E-state index contributed by atoms with van der Waals surface area (Å²) in [5, 5.41) is 10.5.